The van der Waals surface area contributed by atoms with E-state index in [2.05, 4.69) is 9.97 Å². The summed E-state index contributed by atoms with van der Waals surface area (Å²) in [7, 11) is 0. The molecule has 1 saturated carbocycles. The van der Waals surface area contributed by atoms with E-state index in [1.807, 2.05) is 6.26 Å². The molecule has 0 bridgehead atoms. The molecule has 0 aromatic carbocycles. The van der Waals surface area contributed by atoms with Gasteiger partial charge in [-0.1, -0.05) is 11.8 Å². The van der Waals surface area contributed by atoms with Crippen LogP contribution in [-0.2, 0) is 4.74 Å². The van der Waals surface area contributed by atoms with Crippen molar-refractivity contribution < 1.29 is 14.3 Å². The number of esters is 1. The Morgan fingerprint density at radius 3 is 2.89 bits per heavy atom. The summed E-state index contributed by atoms with van der Waals surface area (Å²) in [4.78, 5) is 20.1. The lowest BCUT2D eigenvalue weighted by molar-refractivity contribution is 0.0507. The first-order valence-electron chi connectivity index (χ1n) is 5.99. The van der Waals surface area contributed by atoms with E-state index in [4.69, 9.17) is 9.47 Å². The Morgan fingerprint density at radius 1 is 1.56 bits per heavy atom. The lowest BCUT2D eigenvalue weighted by Gasteiger charge is -2.26. The molecule has 1 aromatic rings. The van der Waals surface area contributed by atoms with Gasteiger partial charge in [0.15, 0.2) is 5.16 Å². The summed E-state index contributed by atoms with van der Waals surface area (Å²) >= 11 is 1.42. The minimum Gasteiger partial charge on any atom is -0.474 e. The van der Waals surface area contributed by atoms with Crippen LogP contribution in [0.15, 0.2) is 11.4 Å². The number of thioether (sulfide) groups is 1. The van der Waals surface area contributed by atoms with Crippen molar-refractivity contribution in [3.63, 3.8) is 0 Å². The lowest BCUT2D eigenvalue weighted by Crippen LogP contribution is -2.26. The number of aromatic nitrogens is 2. The Kier molecular flexibility index (Phi) is 4.41. The summed E-state index contributed by atoms with van der Waals surface area (Å²) in [6.45, 7) is 2.09. The maximum Gasteiger partial charge on any atom is 0.345 e. The molecule has 2 rings (SSSR count). The third-order valence-corrected chi connectivity index (χ3v) is 3.30. The minimum absolute atomic E-state index is 0.169. The molecular weight excluding hydrogens is 252 g/mol. The van der Waals surface area contributed by atoms with Crippen molar-refractivity contribution in [2.24, 2.45) is 0 Å². The monoisotopic (exact) mass is 268 g/mol. The fraction of sp³-hybridized carbons (Fsp3) is 0.583. The SMILES string of the molecule is CCOC(=O)c1cnc(SC)nc1OC1CCC1. The van der Waals surface area contributed by atoms with Gasteiger partial charge < -0.3 is 9.47 Å². The normalized spacial score (nSPS) is 15.0. The second-order valence-electron chi connectivity index (χ2n) is 3.97. The third kappa shape index (κ3) is 2.93. The summed E-state index contributed by atoms with van der Waals surface area (Å²) in [5, 5.41) is 0.595. The van der Waals surface area contributed by atoms with Crippen LogP contribution in [-0.4, -0.2) is 34.9 Å². The zero-order chi connectivity index (χ0) is 13.0. The van der Waals surface area contributed by atoms with Gasteiger partial charge >= 0.3 is 5.97 Å². The van der Waals surface area contributed by atoms with Gasteiger partial charge in [0.25, 0.3) is 0 Å². The third-order valence-electron chi connectivity index (χ3n) is 2.74. The average Bonchev–Trinajstić information content (AvgIpc) is 2.33. The van der Waals surface area contributed by atoms with Crippen LogP contribution in [0.25, 0.3) is 0 Å². The van der Waals surface area contributed by atoms with Gasteiger partial charge in [-0.25, -0.2) is 9.78 Å². The zero-order valence-electron chi connectivity index (χ0n) is 10.5. The van der Waals surface area contributed by atoms with Gasteiger partial charge in [0.05, 0.1) is 6.61 Å². The molecule has 6 heteroatoms. The summed E-state index contributed by atoms with van der Waals surface area (Å²) < 4.78 is 10.7. The number of carbonyl (C=O) groups excluding carboxylic acids is 1. The molecule has 0 unspecified atom stereocenters. The van der Waals surface area contributed by atoms with E-state index >= 15 is 0 Å². The largest absolute Gasteiger partial charge is 0.474 e. The molecule has 5 nitrogen and oxygen atoms in total. The highest BCUT2D eigenvalue weighted by Crippen LogP contribution is 2.27. The number of hydrogen-bond acceptors (Lipinski definition) is 6. The molecule has 18 heavy (non-hydrogen) atoms. The van der Waals surface area contributed by atoms with E-state index in [-0.39, 0.29) is 6.10 Å². The molecule has 0 radical (unpaired) electrons. The van der Waals surface area contributed by atoms with Gasteiger partial charge in [-0.3, -0.25) is 0 Å². The van der Waals surface area contributed by atoms with Crippen molar-refractivity contribution in [2.45, 2.75) is 37.4 Å². The van der Waals surface area contributed by atoms with Crippen LogP contribution in [0, 0.1) is 0 Å². The smallest absolute Gasteiger partial charge is 0.345 e. The number of carbonyl (C=O) groups is 1. The molecule has 0 N–H and O–H groups in total. The first kappa shape index (κ1) is 13.1. The highest BCUT2D eigenvalue weighted by molar-refractivity contribution is 7.98. The van der Waals surface area contributed by atoms with Crippen molar-refractivity contribution in [3.8, 4) is 5.88 Å². The Bertz CT molecular complexity index is 435. The maximum absolute atomic E-state index is 11.8. The van der Waals surface area contributed by atoms with E-state index in [1.165, 1.54) is 24.4 Å². The van der Waals surface area contributed by atoms with Crippen LogP contribution in [0.4, 0.5) is 0 Å². The summed E-state index contributed by atoms with van der Waals surface area (Å²) in [5.41, 5.74) is 0.307. The van der Waals surface area contributed by atoms with Crippen LogP contribution >= 0.6 is 11.8 Å². The first-order chi connectivity index (χ1) is 8.74. The standard InChI is InChI=1S/C12H16N2O3S/c1-3-16-11(15)9-7-13-12(18-2)14-10(9)17-8-5-4-6-8/h7-8H,3-6H2,1-2H3. The zero-order valence-corrected chi connectivity index (χ0v) is 11.3. The Labute approximate surface area is 110 Å². The van der Waals surface area contributed by atoms with Crippen molar-refractivity contribution in [3.05, 3.63) is 11.8 Å². The molecule has 0 aliphatic heterocycles. The summed E-state index contributed by atoms with van der Waals surface area (Å²) in [5.74, 6) is -0.0861. The van der Waals surface area contributed by atoms with Gasteiger partial charge in [0, 0.05) is 6.20 Å². The fourth-order valence-corrected chi connectivity index (χ4v) is 1.87. The van der Waals surface area contributed by atoms with E-state index in [0.29, 0.717) is 23.2 Å². The Morgan fingerprint density at radius 2 is 2.33 bits per heavy atom. The predicted molar refractivity (Wildman–Crippen MR) is 68.0 cm³/mol. The van der Waals surface area contributed by atoms with Gasteiger partial charge in [0.1, 0.15) is 11.7 Å². The molecule has 0 atom stereocenters. The fourth-order valence-electron chi connectivity index (χ4n) is 1.53. The highest BCUT2D eigenvalue weighted by atomic mass is 32.2. The van der Waals surface area contributed by atoms with Gasteiger partial charge in [-0.05, 0) is 32.4 Å². The number of ether oxygens (including phenoxy) is 2. The van der Waals surface area contributed by atoms with Crippen LogP contribution in [0.5, 0.6) is 5.88 Å². The maximum atomic E-state index is 11.8. The van der Waals surface area contributed by atoms with Crippen LogP contribution in [0.1, 0.15) is 36.5 Å². The summed E-state index contributed by atoms with van der Waals surface area (Å²) in [6, 6.07) is 0. The quantitative estimate of drug-likeness (QED) is 0.464. The highest BCUT2D eigenvalue weighted by Gasteiger charge is 2.24. The predicted octanol–water partition coefficient (Wildman–Crippen LogP) is 2.31. The van der Waals surface area contributed by atoms with Crippen molar-refractivity contribution >= 4 is 17.7 Å². The summed E-state index contributed by atoms with van der Waals surface area (Å²) in [6.07, 6.45) is 6.72. The second-order valence-corrected chi connectivity index (χ2v) is 4.74. The first-order valence-corrected chi connectivity index (χ1v) is 7.22. The number of nitrogens with zero attached hydrogens (tertiary/aromatic N) is 2. The Hall–Kier alpha value is -1.30. The van der Waals surface area contributed by atoms with Crippen LogP contribution in [0.3, 0.4) is 0 Å². The molecule has 0 spiro atoms. The molecule has 0 saturated heterocycles. The van der Waals surface area contributed by atoms with E-state index in [1.54, 1.807) is 6.92 Å². The van der Waals surface area contributed by atoms with E-state index in [0.717, 1.165) is 12.8 Å². The molecule has 0 amide bonds. The molecule has 1 fully saturated rings. The van der Waals surface area contributed by atoms with Crippen LogP contribution < -0.4 is 4.74 Å². The number of rotatable bonds is 5. The van der Waals surface area contributed by atoms with Gasteiger partial charge in [0.2, 0.25) is 5.88 Å². The second kappa shape index (κ2) is 6.04. The van der Waals surface area contributed by atoms with Crippen LogP contribution in [0.2, 0.25) is 0 Å². The molecule has 1 aliphatic rings. The molecular formula is C12H16N2O3S. The van der Waals surface area contributed by atoms with E-state index < -0.39 is 5.97 Å². The van der Waals surface area contributed by atoms with Gasteiger partial charge in [-0.2, -0.15) is 4.98 Å². The molecule has 1 aliphatic carbocycles. The molecule has 1 heterocycles. The van der Waals surface area contributed by atoms with Crippen molar-refractivity contribution in [2.75, 3.05) is 12.9 Å². The minimum atomic E-state index is -0.431. The van der Waals surface area contributed by atoms with Gasteiger partial charge in [-0.15, -0.1) is 0 Å². The molecule has 1 aromatic heterocycles. The van der Waals surface area contributed by atoms with Crippen molar-refractivity contribution in [1.82, 2.24) is 9.97 Å². The Balaban J connectivity index is 2.22. The van der Waals surface area contributed by atoms with Crippen molar-refractivity contribution in [1.29, 1.82) is 0 Å². The average molecular weight is 268 g/mol. The molecule has 98 valence electrons. The number of hydrogen-bond donors (Lipinski definition) is 0. The lowest BCUT2D eigenvalue weighted by atomic mass is 9.96. The topological polar surface area (TPSA) is 61.3 Å². The van der Waals surface area contributed by atoms with E-state index in [9.17, 15) is 4.79 Å².